The van der Waals surface area contributed by atoms with Gasteiger partial charge in [0, 0.05) is 10.6 Å². The van der Waals surface area contributed by atoms with E-state index in [1.807, 2.05) is 6.92 Å². The van der Waals surface area contributed by atoms with Gasteiger partial charge in [-0.1, -0.05) is 11.6 Å². The van der Waals surface area contributed by atoms with Crippen LogP contribution in [0.5, 0.6) is 5.75 Å². The van der Waals surface area contributed by atoms with Gasteiger partial charge in [-0.25, -0.2) is 5.43 Å². The first-order valence-electron chi connectivity index (χ1n) is 6.15. The molecule has 114 valence electrons. The average Bonchev–Trinajstić information content (AvgIpc) is 2.43. The number of hydrazone groups is 1. The molecule has 0 saturated heterocycles. The van der Waals surface area contributed by atoms with Crippen LogP contribution in [0.2, 0.25) is 5.02 Å². The van der Waals surface area contributed by atoms with Crippen molar-refractivity contribution in [3.63, 3.8) is 0 Å². The molecule has 0 fully saturated rings. The van der Waals surface area contributed by atoms with E-state index < -0.39 is 0 Å². The van der Waals surface area contributed by atoms with Crippen LogP contribution in [0.4, 0.5) is 0 Å². The number of aromatic hydroxyl groups is 1. The van der Waals surface area contributed by atoms with Crippen molar-refractivity contribution in [1.82, 2.24) is 5.43 Å². The third-order valence-corrected chi connectivity index (χ3v) is 4.15. The summed E-state index contributed by atoms with van der Waals surface area (Å²) in [5, 5.41) is 14.0. The Kier molecular flexibility index (Phi) is 5.61. The van der Waals surface area contributed by atoms with Gasteiger partial charge in [0.25, 0.3) is 5.91 Å². The molecule has 2 aromatic carbocycles. The van der Waals surface area contributed by atoms with Crippen molar-refractivity contribution < 1.29 is 9.90 Å². The Labute approximate surface area is 149 Å². The lowest BCUT2D eigenvalue weighted by atomic mass is 10.1. The highest BCUT2D eigenvalue weighted by molar-refractivity contribution is 9.11. The minimum absolute atomic E-state index is 0.107. The predicted octanol–water partition coefficient (Wildman–Crippen LogP) is 4.64. The number of nitrogens with zero attached hydrogens (tertiary/aromatic N) is 1. The van der Waals surface area contributed by atoms with Crippen LogP contribution >= 0.6 is 43.5 Å². The molecule has 4 nitrogen and oxygen atoms in total. The molecule has 2 N–H and O–H groups in total. The SMILES string of the molecule is Cc1cc(Cl)cc(C(=O)N/N=C/c2cc(Br)c(O)c(Br)c2)c1. The number of hydrogen-bond acceptors (Lipinski definition) is 3. The Bertz CT molecular complexity index is 720. The summed E-state index contributed by atoms with van der Waals surface area (Å²) in [5.74, 6) is -0.241. The molecular weight excluding hydrogens is 435 g/mol. The molecule has 0 radical (unpaired) electrons. The maximum atomic E-state index is 12.0. The van der Waals surface area contributed by atoms with Crippen molar-refractivity contribution in [2.45, 2.75) is 6.92 Å². The largest absolute Gasteiger partial charge is 0.506 e. The highest BCUT2D eigenvalue weighted by atomic mass is 79.9. The number of rotatable bonds is 3. The van der Waals surface area contributed by atoms with Crippen LogP contribution in [-0.2, 0) is 0 Å². The van der Waals surface area contributed by atoms with E-state index in [-0.39, 0.29) is 11.7 Å². The van der Waals surface area contributed by atoms with Crippen LogP contribution < -0.4 is 5.43 Å². The molecule has 0 aromatic heterocycles. The van der Waals surface area contributed by atoms with Crippen molar-refractivity contribution >= 4 is 55.6 Å². The molecule has 0 heterocycles. The summed E-state index contributed by atoms with van der Waals surface area (Å²) in [4.78, 5) is 12.0. The maximum Gasteiger partial charge on any atom is 0.271 e. The molecule has 0 aliphatic rings. The van der Waals surface area contributed by atoms with E-state index in [1.54, 1.807) is 30.3 Å². The Morgan fingerprint density at radius 3 is 2.45 bits per heavy atom. The number of phenolic OH excluding ortho intramolecular Hbond substituents is 1. The smallest absolute Gasteiger partial charge is 0.271 e. The first-order chi connectivity index (χ1) is 10.4. The fraction of sp³-hybridized carbons (Fsp3) is 0.0667. The van der Waals surface area contributed by atoms with Crippen molar-refractivity contribution in [3.05, 3.63) is 61.0 Å². The first kappa shape index (κ1) is 17.0. The highest BCUT2D eigenvalue weighted by Gasteiger charge is 2.07. The second-order valence-corrected chi connectivity index (χ2v) is 6.69. The third-order valence-electron chi connectivity index (χ3n) is 2.72. The topological polar surface area (TPSA) is 61.7 Å². The summed E-state index contributed by atoms with van der Waals surface area (Å²) in [7, 11) is 0. The van der Waals surface area contributed by atoms with Gasteiger partial charge in [0.05, 0.1) is 15.2 Å². The molecule has 7 heteroatoms. The van der Waals surface area contributed by atoms with Gasteiger partial charge in [-0.2, -0.15) is 5.10 Å². The van der Waals surface area contributed by atoms with Crippen LogP contribution in [0.1, 0.15) is 21.5 Å². The molecule has 0 spiro atoms. The van der Waals surface area contributed by atoms with Crippen LogP contribution in [0.15, 0.2) is 44.4 Å². The van der Waals surface area contributed by atoms with E-state index in [0.29, 0.717) is 25.1 Å². The zero-order valence-electron chi connectivity index (χ0n) is 11.4. The van der Waals surface area contributed by atoms with Gasteiger partial charge in [0.1, 0.15) is 5.75 Å². The van der Waals surface area contributed by atoms with Crippen LogP contribution in [0.3, 0.4) is 0 Å². The van der Waals surface area contributed by atoms with Crippen LogP contribution in [0.25, 0.3) is 0 Å². The number of amides is 1. The number of hydrogen-bond donors (Lipinski definition) is 2. The van der Waals surface area contributed by atoms with Gasteiger partial charge in [-0.15, -0.1) is 0 Å². The zero-order valence-corrected chi connectivity index (χ0v) is 15.3. The first-order valence-corrected chi connectivity index (χ1v) is 8.12. The number of benzene rings is 2. The molecule has 0 unspecified atom stereocenters. The highest BCUT2D eigenvalue weighted by Crippen LogP contribution is 2.32. The summed E-state index contributed by atoms with van der Waals surface area (Å²) in [5.41, 5.74) is 4.48. The summed E-state index contributed by atoms with van der Waals surface area (Å²) >= 11 is 12.4. The van der Waals surface area contributed by atoms with Crippen molar-refractivity contribution in [2.75, 3.05) is 0 Å². The summed E-state index contributed by atoms with van der Waals surface area (Å²) in [6.45, 7) is 1.86. The van der Waals surface area contributed by atoms with Crippen LogP contribution in [0, 0.1) is 6.92 Å². The van der Waals surface area contributed by atoms with Gasteiger partial charge in [-0.3, -0.25) is 4.79 Å². The van der Waals surface area contributed by atoms with E-state index in [4.69, 9.17) is 11.6 Å². The molecule has 1 amide bonds. The third kappa shape index (κ3) is 4.32. The van der Waals surface area contributed by atoms with E-state index >= 15 is 0 Å². The van der Waals surface area contributed by atoms with Crippen LogP contribution in [-0.4, -0.2) is 17.2 Å². The Morgan fingerprint density at radius 1 is 1.23 bits per heavy atom. The van der Waals surface area contributed by atoms with Gasteiger partial charge >= 0.3 is 0 Å². The molecule has 0 aliphatic carbocycles. The lowest BCUT2D eigenvalue weighted by Gasteiger charge is -2.03. The number of halogens is 3. The molecule has 0 bridgehead atoms. The lowest BCUT2D eigenvalue weighted by molar-refractivity contribution is 0.0955. The second-order valence-electron chi connectivity index (χ2n) is 4.55. The normalized spacial score (nSPS) is 10.9. The number of carbonyl (C=O) groups is 1. The number of nitrogens with one attached hydrogen (secondary N) is 1. The molecule has 2 aromatic rings. The van der Waals surface area contributed by atoms with E-state index in [2.05, 4.69) is 42.4 Å². The number of carbonyl (C=O) groups excluding carboxylic acids is 1. The Morgan fingerprint density at radius 2 is 1.86 bits per heavy atom. The molecular formula is C15H11Br2ClN2O2. The van der Waals surface area contributed by atoms with Crippen molar-refractivity contribution in [3.8, 4) is 5.75 Å². The minimum Gasteiger partial charge on any atom is -0.506 e. The maximum absolute atomic E-state index is 12.0. The van der Waals surface area contributed by atoms with E-state index in [1.165, 1.54) is 6.21 Å². The fourth-order valence-electron chi connectivity index (χ4n) is 1.76. The summed E-state index contributed by atoms with van der Waals surface area (Å²) in [6.07, 6.45) is 1.48. The molecule has 0 atom stereocenters. The lowest BCUT2D eigenvalue weighted by Crippen LogP contribution is -2.17. The van der Waals surface area contributed by atoms with Gasteiger partial charge < -0.3 is 5.11 Å². The number of phenols is 1. The van der Waals surface area contributed by atoms with Crippen molar-refractivity contribution in [1.29, 1.82) is 0 Å². The van der Waals surface area contributed by atoms with Gasteiger partial charge in [-0.05, 0) is 80.2 Å². The monoisotopic (exact) mass is 444 g/mol. The Balaban J connectivity index is 2.10. The molecule has 0 saturated carbocycles. The van der Waals surface area contributed by atoms with Gasteiger partial charge in [0.15, 0.2) is 0 Å². The molecule has 22 heavy (non-hydrogen) atoms. The number of aryl methyl sites for hydroxylation is 1. The fourth-order valence-corrected chi connectivity index (χ4v) is 3.27. The summed E-state index contributed by atoms with van der Waals surface area (Å²) < 4.78 is 1.06. The quantitative estimate of drug-likeness (QED) is 0.533. The molecule has 0 aliphatic heterocycles. The van der Waals surface area contributed by atoms with E-state index in [0.717, 1.165) is 5.56 Å². The average molecular weight is 447 g/mol. The molecule has 2 rings (SSSR count). The Hall–Kier alpha value is -1.37. The van der Waals surface area contributed by atoms with Crippen molar-refractivity contribution in [2.24, 2.45) is 5.10 Å². The zero-order chi connectivity index (χ0) is 16.3. The predicted molar refractivity (Wildman–Crippen MR) is 94.8 cm³/mol. The standard InChI is InChI=1S/C15H11Br2ClN2O2/c1-8-2-10(6-11(18)3-8)15(22)20-19-7-9-4-12(16)14(21)13(17)5-9/h2-7,21H,1H3,(H,20,22)/b19-7+. The minimum atomic E-state index is -0.348. The van der Waals surface area contributed by atoms with Gasteiger partial charge in [0.2, 0.25) is 0 Å². The summed E-state index contributed by atoms with van der Waals surface area (Å²) in [6, 6.07) is 8.43. The second kappa shape index (κ2) is 7.26. The van der Waals surface area contributed by atoms with E-state index in [9.17, 15) is 9.90 Å².